The van der Waals surface area contributed by atoms with E-state index >= 15 is 0 Å². The average Bonchev–Trinajstić information content (AvgIpc) is 2.86. The normalized spacial score (nSPS) is 14.7. The molecule has 0 rings (SSSR count). The van der Waals surface area contributed by atoms with Crippen LogP contribution in [-0.2, 0) is 18.6 Å². The summed E-state index contributed by atoms with van der Waals surface area (Å²) in [6.45, 7) is 12.4. The molecule has 0 aliphatic rings. The van der Waals surface area contributed by atoms with Crippen molar-refractivity contribution in [2.24, 2.45) is 0 Å². The van der Waals surface area contributed by atoms with Gasteiger partial charge in [-0.3, -0.25) is 0 Å². The summed E-state index contributed by atoms with van der Waals surface area (Å²) in [5.74, 6) is -0.718. The topological polar surface area (TPSA) is 52.6 Å². The summed E-state index contributed by atoms with van der Waals surface area (Å²) in [5.41, 5.74) is 0. The van der Waals surface area contributed by atoms with Gasteiger partial charge < -0.3 is 0 Å². The zero-order valence-corrected chi connectivity index (χ0v) is 27.2. The van der Waals surface area contributed by atoms with E-state index < -0.39 is 13.7 Å². The maximum absolute atomic E-state index is 13.1. The van der Waals surface area contributed by atoms with Crippen LogP contribution in [-0.4, -0.2) is 62.2 Å². The molecule has 0 spiro atoms. The second kappa shape index (κ2) is 17.2. The second-order valence-electron chi connectivity index (χ2n) is 12.0. The van der Waals surface area contributed by atoms with Gasteiger partial charge in [-0.25, -0.2) is 0 Å². The minimum absolute atomic E-state index is 0.359. The quantitative estimate of drug-likeness (QED) is 0.0998. The Bertz CT molecular complexity index is 569. The number of hydrogen-bond acceptors (Lipinski definition) is 4. The van der Waals surface area contributed by atoms with Gasteiger partial charge in [-0.2, -0.15) is 0 Å². The van der Waals surface area contributed by atoms with Gasteiger partial charge in [0.05, 0.1) is 0 Å². The van der Waals surface area contributed by atoms with E-state index in [2.05, 4.69) is 54.9 Å². The van der Waals surface area contributed by atoms with E-state index in [1.54, 1.807) is 0 Å². The molecule has 0 heterocycles. The molecule has 216 valence electrons. The van der Waals surface area contributed by atoms with Crippen LogP contribution in [0, 0.1) is 0 Å². The van der Waals surface area contributed by atoms with Crippen molar-refractivity contribution in [1.29, 1.82) is 0 Å². The fraction of sp³-hybridized carbons (Fsp3) is 0.867. The Hall–Kier alpha value is -0.460. The zero-order chi connectivity index (χ0) is 27.6. The Labute approximate surface area is 225 Å². The van der Waals surface area contributed by atoms with Gasteiger partial charge in [0.15, 0.2) is 0 Å². The van der Waals surface area contributed by atoms with Gasteiger partial charge in [-0.1, -0.05) is 0 Å². The van der Waals surface area contributed by atoms with Crippen molar-refractivity contribution < 1.29 is 18.6 Å². The van der Waals surface area contributed by atoms with Gasteiger partial charge in [-0.05, 0) is 0 Å². The third-order valence-corrected chi connectivity index (χ3v) is 18.9. The Morgan fingerprint density at radius 3 is 0.833 bits per heavy atom. The van der Waals surface area contributed by atoms with Crippen molar-refractivity contribution in [2.45, 2.75) is 119 Å². The summed E-state index contributed by atoms with van der Waals surface area (Å²) in [4.78, 5) is 26.3. The van der Waals surface area contributed by atoms with E-state index in [0.29, 0.717) is 0 Å². The van der Waals surface area contributed by atoms with Gasteiger partial charge in [0.25, 0.3) is 0 Å². The molecule has 6 heteroatoms. The van der Waals surface area contributed by atoms with Crippen molar-refractivity contribution in [3.8, 4) is 0 Å². The van der Waals surface area contributed by atoms with Crippen molar-refractivity contribution >= 4 is 25.6 Å². The second-order valence-corrected chi connectivity index (χ2v) is 23.8. The Balaban J connectivity index is 5.80. The van der Waals surface area contributed by atoms with Crippen molar-refractivity contribution in [2.75, 3.05) is 50.3 Å². The van der Waals surface area contributed by atoms with Crippen molar-refractivity contribution in [3.05, 3.63) is 12.2 Å². The number of carbonyl (C=O) groups is 2. The van der Waals surface area contributed by atoms with Crippen LogP contribution in [0.2, 0.25) is 0 Å². The molecule has 0 saturated heterocycles. The van der Waals surface area contributed by atoms with Crippen LogP contribution in [0.3, 0.4) is 0 Å². The van der Waals surface area contributed by atoms with Gasteiger partial charge in [0.1, 0.15) is 0 Å². The van der Waals surface area contributed by atoms with E-state index in [9.17, 15) is 9.59 Å². The van der Waals surface area contributed by atoms with Crippen LogP contribution in [0.25, 0.3) is 0 Å². The van der Waals surface area contributed by atoms with Gasteiger partial charge in [-0.15, -0.1) is 0 Å². The first kappa shape index (κ1) is 35.5. The minimum atomic E-state index is -2.65. The molecule has 0 fully saturated rings. The fourth-order valence-corrected chi connectivity index (χ4v) is 15.7. The molecule has 0 aliphatic carbocycles. The predicted octanol–water partition coefficient (Wildman–Crippen LogP) is 9.63. The van der Waals surface area contributed by atoms with Crippen LogP contribution in [0.15, 0.2) is 12.2 Å². The molecular formula is C30H62O4P2. The summed E-state index contributed by atoms with van der Waals surface area (Å²) < 4.78 is 12.9. The molecule has 0 aromatic carbocycles. The fourth-order valence-electron chi connectivity index (χ4n) is 5.33. The summed E-state index contributed by atoms with van der Waals surface area (Å²) in [6, 6.07) is 0. The van der Waals surface area contributed by atoms with E-state index in [1.807, 2.05) is 0 Å². The first-order valence-electron chi connectivity index (χ1n) is 15.1. The van der Waals surface area contributed by atoms with E-state index in [4.69, 9.17) is 9.05 Å². The molecule has 0 N–H and O–H groups in total. The third kappa shape index (κ3) is 12.9. The predicted molar refractivity (Wildman–Crippen MR) is 166 cm³/mol. The Morgan fingerprint density at radius 1 is 0.472 bits per heavy atom. The monoisotopic (exact) mass is 548 g/mol. The molecular weight excluding hydrogens is 486 g/mol. The average molecular weight is 549 g/mol. The van der Waals surface area contributed by atoms with Crippen LogP contribution in [0.4, 0.5) is 0 Å². The molecule has 0 aliphatic heterocycles. The van der Waals surface area contributed by atoms with Crippen LogP contribution in [0.5, 0.6) is 0 Å². The molecule has 0 aromatic heterocycles. The number of unbranched alkanes of at least 4 members (excludes halogenated alkanes) is 6. The Kier molecular flexibility index (Phi) is 17.0. The van der Waals surface area contributed by atoms with Gasteiger partial charge in [0, 0.05) is 0 Å². The number of carbonyl (C=O) groups excluding carboxylic acids is 2. The summed E-state index contributed by atoms with van der Waals surface area (Å²) >= 11 is 0. The van der Waals surface area contributed by atoms with E-state index in [-0.39, 0.29) is 11.9 Å². The molecule has 0 aromatic rings. The SMILES string of the molecule is CCCCP(C)(CCCC)(CCCC)OC(=O)/C=C/C(=O)OP(C)(CCCC)(CCCC)CCCC. The molecule has 0 radical (unpaired) electrons. The Morgan fingerprint density at radius 2 is 0.667 bits per heavy atom. The zero-order valence-electron chi connectivity index (χ0n) is 25.4. The van der Waals surface area contributed by atoms with Gasteiger partial charge in [0.2, 0.25) is 0 Å². The maximum atomic E-state index is 13.1. The standard InChI is InChI=1S/C30H62O4P2/c1-9-15-23-35(7,24-16-10-2,25-17-11-3)33-29(31)21-22-30(32)34-36(8,26-18-12-4,27-19-13-5)28-20-14-6/h21-22H,9-20,23-28H2,1-8H3/b22-21+. The molecule has 0 unspecified atom stereocenters. The molecule has 36 heavy (non-hydrogen) atoms. The molecule has 0 bridgehead atoms. The summed E-state index contributed by atoms with van der Waals surface area (Å²) in [7, 11) is 0. The molecule has 4 nitrogen and oxygen atoms in total. The van der Waals surface area contributed by atoms with Crippen molar-refractivity contribution in [1.82, 2.24) is 0 Å². The van der Waals surface area contributed by atoms with Gasteiger partial charge >= 0.3 is 225 Å². The summed E-state index contributed by atoms with van der Waals surface area (Å²) in [5, 5.41) is 0. The molecule has 0 saturated carbocycles. The number of rotatable bonds is 22. The van der Waals surface area contributed by atoms with E-state index in [1.165, 1.54) is 12.2 Å². The summed E-state index contributed by atoms with van der Waals surface area (Å²) in [6.07, 6.45) is 21.7. The third-order valence-electron chi connectivity index (χ3n) is 7.96. The van der Waals surface area contributed by atoms with Crippen LogP contribution < -0.4 is 0 Å². The van der Waals surface area contributed by atoms with Crippen molar-refractivity contribution in [3.63, 3.8) is 0 Å². The molecule has 0 amide bonds. The van der Waals surface area contributed by atoms with Crippen LogP contribution in [0.1, 0.15) is 119 Å². The van der Waals surface area contributed by atoms with Crippen LogP contribution >= 0.6 is 13.7 Å². The first-order chi connectivity index (χ1) is 17.0. The first-order valence-corrected chi connectivity index (χ1v) is 21.4. The van der Waals surface area contributed by atoms with E-state index in [0.717, 1.165) is 114 Å². The molecule has 0 atom stereocenters. The number of hydrogen-bond donors (Lipinski definition) is 0.